The van der Waals surface area contributed by atoms with Crippen molar-refractivity contribution in [2.45, 2.75) is 25.9 Å². The van der Waals surface area contributed by atoms with Gasteiger partial charge in [-0.2, -0.15) is 0 Å². The molecule has 0 aliphatic heterocycles. The van der Waals surface area contributed by atoms with Crippen LogP contribution in [0.15, 0.2) is 23.5 Å². The molecule has 0 spiro atoms. The van der Waals surface area contributed by atoms with Crippen LogP contribution in [0.3, 0.4) is 0 Å². The summed E-state index contributed by atoms with van der Waals surface area (Å²) in [6.07, 6.45) is 2.62. The molecule has 82 valence electrons. The van der Waals surface area contributed by atoms with Gasteiger partial charge in [-0.05, 0) is 31.6 Å². The third-order valence-electron chi connectivity index (χ3n) is 2.26. The van der Waals surface area contributed by atoms with Crippen LogP contribution >= 0.6 is 0 Å². The highest BCUT2D eigenvalue weighted by atomic mass is 16.5. The van der Waals surface area contributed by atoms with Crippen molar-refractivity contribution >= 4 is 11.6 Å². The topological polar surface area (TPSA) is 63.6 Å². The third-order valence-corrected chi connectivity index (χ3v) is 2.26. The quantitative estimate of drug-likeness (QED) is 0.746. The molecular formula is C11H14O4. The molecule has 1 atom stereocenters. The zero-order chi connectivity index (χ0) is 11.6. The Morgan fingerprint density at radius 3 is 2.60 bits per heavy atom. The highest BCUT2D eigenvalue weighted by molar-refractivity contribution is 6.03. The molecule has 15 heavy (non-hydrogen) atoms. The number of carbonyl (C=O) groups excluding carboxylic acids is 2. The molecule has 0 aromatic rings. The minimum Gasteiger partial charge on any atom is -0.497 e. The lowest BCUT2D eigenvalue weighted by Crippen LogP contribution is -2.43. The van der Waals surface area contributed by atoms with E-state index in [-0.39, 0.29) is 18.0 Å². The van der Waals surface area contributed by atoms with Gasteiger partial charge in [-0.3, -0.25) is 9.59 Å². The van der Waals surface area contributed by atoms with Crippen LogP contribution in [-0.4, -0.2) is 29.4 Å². The lowest BCUT2D eigenvalue weighted by molar-refractivity contribution is -0.138. The van der Waals surface area contributed by atoms with E-state index in [0.717, 1.165) is 0 Å². The van der Waals surface area contributed by atoms with Gasteiger partial charge in [0.05, 0.1) is 7.11 Å². The van der Waals surface area contributed by atoms with Crippen LogP contribution in [0.1, 0.15) is 20.3 Å². The molecule has 0 amide bonds. The van der Waals surface area contributed by atoms with Crippen LogP contribution in [0, 0.1) is 0 Å². The van der Waals surface area contributed by atoms with Crippen LogP contribution in [0.2, 0.25) is 0 Å². The standard InChI is InChI=1S/C11H14O4/c1-7-4-9(13)11(14,6-8(2)12)10(5-7)15-3/h4-5,14H,6H2,1-3H3. The maximum absolute atomic E-state index is 11.6. The second-order valence-corrected chi connectivity index (χ2v) is 3.70. The Morgan fingerprint density at radius 1 is 1.53 bits per heavy atom. The Balaban J connectivity index is 3.12. The van der Waals surface area contributed by atoms with E-state index < -0.39 is 11.4 Å². The van der Waals surface area contributed by atoms with Gasteiger partial charge in [0.2, 0.25) is 0 Å². The average Bonchev–Trinajstić information content (AvgIpc) is 2.10. The van der Waals surface area contributed by atoms with E-state index in [9.17, 15) is 14.7 Å². The SMILES string of the molecule is COC1=CC(C)=CC(=O)C1(O)CC(C)=O. The Morgan fingerprint density at radius 2 is 2.13 bits per heavy atom. The maximum Gasteiger partial charge on any atom is 0.195 e. The number of rotatable bonds is 3. The highest BCUT2D eigenvalue weighted by Crippen LogP contribution is 2.29. The zero-order valence-electron chi connectivity index (χ0n) is 9.03. The number of ketones is 2. The van der Waals surface area contributed by atoms with Crippen molar-refractivity contribution in [3.8, 4) is 0 Å². The largest absolute Gasteiger partial charge is 0.497 e. The molecule has 1 unspecified atom stereocenters. The fraction of sp³-hybridized carbons (Fsp3) is 0.455. The van der Waals surface area contributed by atoms with Gasteiger partial charge in [0.1, 0.15) is 11.5 Å². The minimum atomic E-state index is -1.82. The molecule has 1 aliphatic carbocycles. The van der Waals surface area contributed by atoms with Gasteiger partial charge in [0, 0.05) is 6.42 Å². The molecule has 0 aromatic carbocycles. The third kappa shape index (κ3) is 2.15. The number of ether oxygens (including phenoxy) is 1. The van der Waals surface area contributed by atoms with Crippen LogP contribution in [0.25, 0.3) is 0 Å². The molecule has 1 N–H and O–H groups in total. The van der Waals surface area contributed by atoms with E-state index in [2.05, 4.69) is 0 Å². The summed E-state index contributed by atoms with van der Waals surface area (Å²) in [5.41, 5.74) is -1.12. The molecule has 0 bridgehead atoms. The van der Waals surface area contributed by atoms with Gasteiger partial charge in [-0.1, -0.05) is 0 Å². The summed E-state index contributed by atoms with van der Waals surface area (Å²) in [6, 6.07) is 0. The summed E-state index contributed by atoms with van der Waals surface area (Å²) in [7, 11) is 1.36. The molecule has 0 fully saturated rings. The Labute approximate surface area is 88.2 Å². The highest BCUT2D eigenvalue weighted by Gasteiger charge is 2.42. The predicted octanol–water partition coefficient (Wildman–Crippen LogP) is 0.756. The minimum absolute atomic E-state index is 0.128. The van der Waals surface area contributed by atoms with Crippen molar-refractivity contribution in [3.63, 3.8) is 0 Å². The molecule has 4 nitrogen and oxygen atoms in total. The molecule has 1 aliphatic rings. The molecule has 0 saturated carbocycles. The molecule has 1 rings (SSSR count). The lowest BCUT2D eigenvalue weighted by atomic mass is 9.85. The van der Waals surface area contributed by atoms with E-state index in [1.165, 1.54) is 20.1 Å². The van der Waals surface area contributed by atoms with Gasteiger partial charge in [-0.25, -0.2) is 0 Å². The van der Waals surface area contributed by atoms with Crippen LogP contribution in [0.5, 0.6) is 0 Å². The van der Waals surface area contributed by atoms with Gasteiger partial charge in [-0.15, -0.1) is 0 Å². The molecule has 0 heterocycles. The van der Waals surface area contributed by atoms with Gasteiger partial charge in [0.15, 0.2) is 11.4 Å². The molecule has 0 aromatic heterocycles. The van der Waals surface area contributed by atoms with Crippen molar-refractivity contribution in [2.75, 3.05) is 7.11 Å². The zero-order valence-corrected chi connectivity index (χ0v) is 9.03. The number of methoxy groups -OCH3 is 1. The smallest absolute Gasteiger partial charge is 0.195 e. The molecule has 4 heteroatoms. The van der Waals surface area contributed by atoms with Crippen LogP contribution in [0.4, 0.5) is 0 Å². The first-order valence-corrected chi connectivity index (χ1v) is 4.61. The van der Waals surface area contributed by atoms with Gasteiger partial charge < -0.3 is 9.84 Å². The number of aliphatic hydroxyl groups is 1. The molecule has 0 radical (unpaired) electrons. The predicted molar refractivity (Wildman–Crippen MR) is 54.1 cm³/mol. The number of hydrogen-bond acceptors (Lipinski definition) is 4. The van der Waals surface area contributed by atoms with Crippen molar-refractivity contribution in [1.29, 1.82) is 0 Å². The lowest BCUT2D eigenvalue weighted by Gasteiger charge is -2.28. The summed E-state index contributed by atoms with van der Waals surface area (Å²) in [5.74, 6) is -0.640. The van der Waals surface area contributed by atoms with E-state index in [1.807, 2.05) is 0 Å². The van der Waals surface area contributed by atoms with Crippen LogP contribution in [-0.2, 0) is 14.3 Å². The summed E-state index contributed by atoms with van der Waals surface area (Å²) in [6.45, 7) is 3.05. The van der Waals surface area contributed by atoms with E-state index in [1.54, 1.807) is 13.0 Å². The van der Waals surface area contributed by atoms with Crippen LogP contribution < -0.4 is 0 Å². The first kappa shape index (κ1) is 11.7. The van der Waals surface area contributed by atoms with E-state index in [0.29, 0.717) is 5.57 Å². The number of carbonyl (C=O) groups is 2. The Kier molecular flexibility index (Phi) is 3.09. The molecule has 0 saturated heterocycles. The normalized spacial score (nSPS) is 25.7. The summed E-state index contributed by atoms with van der Waals surface area (Å²) >= 11 is 0. The number of Topliss-reactive ketones (excluding diaryl/α,β-unsaturated/α-hetero) is 1. The number of hydrogen-bond donors (Lipinski definition) is 1. The molecular weight excluding hydrogens is 196 g/mol. The fourth-order valence-corrected chi connectivity index (χ4v) is 1.58. The second kappa shape index (κ2) is 3.98. The Bertz CT molecular complexity index is 365. The van der Waals surface area contributed by atoms with Crippen molar-refractivity contribution in [3.05, 3.63) is 23.5 Å². The fourth-order valence-electron chi connectivity index (χ4n) is 1.58. The summed E-state index contributed by atoms with van der Waals surface area (Å²) < 4.78 is 4.95. The maximum atomic E-state index is 11.6. The summed E-state index contributed by atoms with van der Waals surface area (Å²) in [4.78, 5) is 22.6. The van der Waals surface area contributed by atoms with Gasteiger partial charge in [0.25, 0.3) is 0 Å². The van der Waals surface area contributed by atoms with Crippen molar-refractivity contribution in [1.82, 2.24) is 0 Å². The van der Waals surface area contributed by atoms with E-state index >= 15 is 0 Å². The van der Waals surface area contributed by atoms with Crippen molar-refractivity contribution in [2.24, 2.45) is 0 Å². The Hall–Kier alpha value is -1.42. The summed E-state index contributed by atoms with van der Waals surface area (Å²) in [5, 5.41) is 10.1. The first-order chi connectivity index (χ1) is 6.90. The average molecular weight is 210 g/mol. The monoisotopic (exact) mass is 210 g/mol. The second-order valence-electron chi connectivity index (χ2n) is 3.70. The van der Waals surface area contributed by atoms with E-state index in [4.69, 9.17) is 4.74 Å². The first-order valence-electron chi connectivity index (χ1n) is 4.61. The van der Waals surface area contributed by atoms with Crippen molar-refractivity contribution < 1.29 is 19.4 Å². The van der Waals surface area contributed by atoms with Gasteiger partial charge >= 0.3 is 0 Å². The number of allylic oxidation sites excluding steroid dienone is 2.